The highest BCUT2D eigenvalue weighted by molar-refractivity contribution is 6.42. The Kier molecular flexibility index (Phi) is 7.66. The van der Waals surface area contributed by atoms with Crippen LogP contribution in [0.2, 0.25) is 15.1 Å². The summed E-state index contributed by atoms with van der Waals surface area (Å²) in [5.41, 5.74) is 3.53. The largest absolute Gasteiger partial charge is 0.340 e. The van der Waals surface area contributed by atoms with E-state index in [2.05, 4.69) is 15.8 Å². The lowest BCUT2D eigenvalue weighted by molar-refractivity contribution is -0.123. The van der Waals surface area contributed by atoms with Crippen LogP contribution in [0.4, 0.5) is 0 Å². The summed E-state index contributed by atoms with van der Waals surface area (Å²) in [6.45, 7) is 3.64. The van der Waals surface area contributed by atoms with Crippen molar-refractivity contribution in [2.45, 2.75) is 19.9 Å². The van der Waals surface area contributed by atoms with Gasteiger partial charge in [0.05, 0.1) is 16.3 Å². The quantitative estimate of drug-likeness (QED) is 0.525. The molecule has 0 aliphatic rings. The molecule has 0 heterocycles. The summed E-state index contributed by atoms with van der Waals surface area (Å²) in [4.78, 5) is 24.8. The maximum absolute atomic E-state index is 12.4. The molecule has 2 rings (SSSR count). The number of benzene rings is 2. The Morgan fingerprint density at radius 1 is 1.00 bits per heavy atom. The third-order valence-electron chi connectivity index (χ3n) is 3.68. The van der Waals surface area contributed by atoms with Gasteiger partial charge in [0.25, 0.3) is 11.8 Å². The molecule has 2 aromatic rings. The molecule has 0 aliphatic carbocycles. The molecule has 1 unspecified atom stereocenters. The molecule has 0 radical (unpaired) electrons. The molecule has 142 valence electrons. The molecule has 8 heteroatoms. The molecule has 0 spiro atoms. The topological polar surface area (TPSA) is 70.6 Å². The normalized spacial score (nSPS) is 12.2. The van der Waals surface area contributed by atoms with Crippen LogP contribution < -0.4 is 10.7 Å². The summed E-state index contributed by atoms with van der Waals surface area (Å²) in [7, 11) is 0. The number of halogens is 3. The van der Waals surface area contributed by atoms with Crippen molar-refractivity contribution in [3.63, 3.8) is 0 Å². The minimum Gasteiger partial charge on any atom is -0.340 e. The molecule has 0 saturated carbocycles. The van der Waals surface area contributed by atoms with Crippen LogP contribution in [0.25, 0.3) is 0 Å². The SMILES string of the molecule is CC(C)C(NC(=O)c1ccc(Cl)c(Cl)c1)C(=O)NN=Cc1ccc(Cl)cc1. The number of hydrogen-bond donors (Lipinski definition) is 2. The van der Waals surface area contributed by atoms with Gasteiger partial charge in [0.15, 0.2) is 0 Å². The van der Waals surface area contributed by atoms with Crippen molar-refractivity contribution in [3.05, 3.63) is 68.7 Å². The van der Waals surface area contributed by atoms with Gasteiger partial charge in [-0.3, -0.25) is 9.59 Å². The molecule has 0 fully saturated rings. The minimum atomic E-state index is -0.769. The summed E-state index contributed by atoms with van der Waals surface area (Å²) in [5, 5.41) is 7.84. The molecule has 0 aromatic heterocycles. The summed E-state index contributed by atoms with van der Waals surface area (Å²) in [6.07, 6.45) is 1.49. The van der Waals surface area contributed by atoms with E-state index in [1.807, 2.05) is 13.8 Å². The maximum Gasteiger partial charge on any atom is 0.262 e. The van der Waals surface area contributed by atoms with Gasteiger partial charge < -0.3 is 5.32 Å². The summed E-state index contributed by atoms with van der Waals surface area (Å²) < 4.78 is 0. The zero-order valence-electron chi connectivity index (χ0n) is 14.7. The first kappa shape index (κ1) is 21.2. The maximum atomic E-state index is 12.4. The van der Waals surface area contributed by atoms with Crippen LogP contribution >= 0.6 is 34.8 Å². The van der Waals surface area contributed by atoms with Gasteiger partial charge in [-0.05, 0) is 41.8 Å². The molecular formula is C19H18Cl3N3O2. The average Bonchev–Trinajstić information content (AvgIpc) is 2.63. The highest BCUT2D eigenvalue weighted by Gasteiger charge is 2.24. The molecule has 0 bridgehead atoms. The first-order valence-corrected chi connectivity index (χ1v) is 9.25. The Balaban J connectivity index is 2.02. The van der Waals surface area contributed by atoms with Crippen LogP contribution in [-0.4, -0.2) is 24.1 Å². The van der Waals surface area contributed by atoms with Crippen LogP contribution in [0.15, 0.2) is 47.6 Å². The van der Waals surface area contributed by atoms with Crippen molar-refractivity contribution in [2.24, 2.45) is 11.0 Å². The van der Waals surface area contributed by atoms with Crippen LogP contribution in [0.3, 0.4) is 0 Å². The lowest BCUT2D eigenvalue weighted by Gasteiger charge is -2.20. The first-order chi connectivity index (χ1) is 12.8. The van der Waals surface area contributed by atoms with E-state index in [0.29, 0.717) is 15.6 Å². The Morgan fingerprint density at radius 3 is 2.26 bits per heavy atom. The van der Waals surface area contributed by atoms with Gasteiger partial charge in [-0.1, -0.05) is 60.8 Å². The van der Waals surface area contributed by atoms with Crippen LogP contribution in [0.1, 0.15) is 29.8 Å². The number of rotatable bonds is 6. The second-order valence-corrected chi connectivity index (χ2v) is 7.36. The van der Waals surface area contributed by atoms with Crippen molar-refractivity contribution < 1.29 is 9.59 Å². The number of amides is 2. The van der Waals surface area contributed by atoms with E-state index in [0.717, 1.165) is 5.56 Å². The van der Waals surface area contributed by atoms with Crippen LogP contribution in [-0.2, 0) is 4.79 Å². The third-order valence-corrected chi connectivity index (χ3v) is 4.67. The zero-order chi connectivity index (χ0) is 20.0. The molecule has 1 atom stereocenters. The first-order valence-electron chi connectivity index (χ1n) is 8.12. The Hall–Kier alpha value is -2.08. The minimum absolute atomic E-state index is 0.151. The summed E-state index contributed by atoms with van der Waals surface area (Å²) in [6, 6.07) is 10.7. The third kappa shape index (κ3) is 6.24. The number of carbonyl (C=O) groups is 2. The van der Waals surface area contributed by atoms with Crippen molar-refractivity contribution >= 4 is 52.8 Å². The fraction of sp³-hybridized carbons (Fsp3) is 0.211. The molecule has 2 amide bonds. The molecule has 0 aliphatic heterocycles. The van der Waals surface area contributed by atoms with Gasteiger partial charge in [-0.2, -0.15) is 5.10 Å². The Bertz CT molecular complexity index is 852. The van der Waals surface area contributed by atoms with Gasteiger partial charge in [0, 0.05) is 10.6 Å². The Labute approximate surface area is 172 Å². The standard InChI is InChI=1S/C19H18Cl3N3O2/c1-11(2)17(24-18(26)13-5-8-15(21)16(22)9-13)19(27)25-23-10-12-3-6-14(20)7-4-12/h3-11,17H,1-2H3,(H,24,26)(H,25,27). The van der Waals surface area contributed by atoms with Gasteiger partial charge >= 0.3 is 0 Å². The van der Waals surface area contributed by atoms with Gasteiger partial charge in [-0.25, -0.2) is 5.43 Å². The second-order valence-electron chi connectivity index (χ2n) is 6.11. The lowest BCUT2D eigenvalue weighted by atomic mass is 10.0. The number of nitrogens with zero attached hydrogens (tertiary/aromatic N) is 1. The summed E-state index contributed by atoms with van der Waals surface area (Å²) >= 11 is 17.6. The van der Waals surface area contributed by atoms with E-state index in [1.165, 1.54) is 24.4 Å². The van der Waals surface area contributed by atoms with E-state index in [9.17, 15) is 9.59 Å². The van der Waals surface area contributed by atoms with Crippen molar-refractivity contribution in [2.75, 3.05) is 0 Å². The molecule has 2 aromatic carbocycles. The molecule has 0 saturated heterocycles. The number of carbonyl (C=O) groups excluding carboxylic acids is 2. The van der Waals surface area contributed by atoms with Crippen LogP contribution in [0.5, 0.6) is 0 Å². The molecule has 2 N–H and O–H groups in total. The van der Waals surface area contributed by atoms with E-state index >= 15 is 0 Å². The number of hydrazone groups is 1. The molecule has 5 nitrogen and oxygen atoms in total. The van der Waals surface area contributed by atoms with Gasteiger partial charge in [0.2, 0.25) is 0 Å². The van der Waals surface area contributed by atoms with Crippen LogP contribution in [0, 0.1) is 5.92 Å². The van der Waals surface area contributed by atoms with E-state index in [4.69, 9.17) is 34.8 Å². The predicted molar refractivity (Wildman–Crippen MR) is 110 cm³/mol. The number of nitrogens with one attached hydrogen (secondary N) is 2. The van der Waals surface area contributed by atoms with Crippen molar-refractivity contribution in [1.29, 1.82) is 0 Å². The zero-order valence-corrected chi connectivity index (χ0v) is 16.9. The van der Waals surface area contributed by atoms with Gasteiger partial charge in [0.1, 0.15) is 6.04 Å². The smallest absolute Gasteiger partial charge is 0.262 e. The second kappa shape index (κ2) is 9.74. The van der Waals surface area contributed by atoms with E-state index in [-0.39, 0.29) is 10.9 Å². The number of hydrogen-bond acceptors (Lipinski definition) is 3. The lowest BCUT2D eigenvalue weighted by Crippen LogP contribution is -2.48. The predicted octanol–water partition coefficient (Wildman–Crippen LogP) is 4.55. The average molecular weight is 427 g/mol. The van der Waals surface area contributed by atoms with E-state index in [1.54, 1.807) is 24.3 Å². The fourth-order valence-corrected chi connectivity index (χ4v) is 2.61. The molecular weight excluding hydrogens is 409 g/mol. The Morgan fingerprint density at radius 2 is 1.67 bits per heavy atom. The van der Waals surface area contributed by atoms with E-state index < -0.39 is 17.9 Å². The fourth-order valence-electron chi connectivity index (χ4n) is 2.19. The highest BCUT2D eigenvalue weighted by Crippen LogP contribution is 2.22. The summed E-state index contributed by atoms with van der Waals surface area (Å²) in [5.74, 6) is -1.00. The highest BCUT2D eigenvalue weighted by atomic mass is 35.5. The van der Waals surface area contributed by atoms with Gasteiger partial charge in [-0.15, -0.1) is 0 Å². The van der Waals surface area contributed by atoms with Crippen molar-refractivity contribution in [1.82, 2.24) is 10.7 Å². The molecule has 27 heavy (non-hydrogen) atoms. The van der Waals surface area contributed by atoms with Crippen molar-refractivity contribution in [3.8, 4) is 0 Å². The monoisotopic (exact) mass is 425 g/mol.